The zero-order chi connectivity index (χ0) is 23.1. The lowest BCUT2D eigenvalue weighted by Gasteiger charge is -2.30. The van der Waals surface area contributed by atoms with E-state index in [4.69, 9.17) is 10.7 Å². The van der Waals surface area contributed by atoms with Gasteiger partial charge >= 0.3 is 0 Å². The molecule has 5 aromatic rings. The predicted octanol–water partition coefficient (Wildman–Crippen LogP) is 4.03. The van der Waals surface area contributed by atoms with Gasteiger partial charge in [-0.1, -0.05) is 12.1 Å². The summed E-state index contributed by atoms with van der Waals surface area (Å²) >= 11 is 0. The van der Waals surface area contributed by atoms with Crippen molar-refractivity contribution in [1.82, 2.24) is 25.1 Å². The third kappa shape index (κ3) is 3.52. The number of piperidine rings is 1. The topological polar surface area (TPSA) is 120 Å². The number of H-pyrrole nitrogens is 1. The number of rotatable bonds is 3. The first-order valence-electron chi connectivity index (χ1n) is 11.3. The summed E-state index contributed by atoms with van der Waals surface area (Å²) < 4.78 is 0. The molecule has 6 rings (SSSR count). The summed E-state index contributed by atoms with van der Waals surface area (Å²) in [6.07, 6.45) is 7.25. The number of hydrogen-bond acceptors (Lipinski definition) is 7. The molecule has 8 nitrogen and oxygen atoms in total. The number of nitrogens with two attached hydrogens (primary N) is 1. The van der Waals surface area contributed by atoms with Crippen LogP contribution in [-0.2, 0) is 0 Å². The molecule has 0 saturated carbocycles. The third-order valence-electron chi connectivity index (χ3n) is 6.47. The Hall–Kier alpha value is -4.35. The normalized spacial score (nSPS) is 14.5. The van der Waals surface area contributed by atoms with E-state index < -0.39 is 0 Å². The molecule has 166 valence electrons. The molecule has 0 atom stereocenters. The van der Waals surface area contributed by atoms with E-state index in [2.05, 4.69) is 43.3 Å². The van der Waals surface area contributed by atoms with E-state index in [9.17, 15) is 5.26 Å². The Morgan fingerprint density at radius 3 is 2.76 bits per heavy atom. The minimum absolute atomic E-state index is 0.261. The van der Waals surface area contributed by atoms with Gasteiger partial charge in [-0.3, -0.25) is 15.1 Å². The summed E-state index contributed by atoms with van der Waals surface area (Å²) in [5.74, 6) is 0.852. The molecular weight excluding hydrogens is 424 g/mol. The molecule has 0 aliphatic carbocycles. The van der Waals surface area contributed by atoms with E-state index in [-0.39, 0.29) is 6.04 Å². The first-order valence-corrected chi connectivity index (χ1v) is 11.3. The number of nitriles is 1. The van der Waals surface area contributed by atoms with Gasteiger partial charge in [0.15, 0.2) is 0 Å². The maximum absolute atomic E-state index is 9.22. The van der Waals surface area contributed by atoms with Crippen molar-refractivity contribution in [3.63, 3.8) is 0 Å². The van der Waals surface area contributed by atoms with Crippen molar-refractivity contribution in [2.45, 2.75) is 18.9 Å². The van der Waals surface area contributed by atoms with E-state index in [1.165, 1.54) is 0 Å². The lowest BCUT2D eigenvalue weighted by atomic mass is 9.98. The van der Waals surface area contributed by atoms with Gasteiger partial charge in [0.1, 0.15) is 17.2 Å². The first-order chi connectivity index (χ1) is 16.7. The Bertz CT molecular complexity index is 1560. The Morgan fingerprint density at radius 2 is 1.91 bits per heavy atom. The van der Waals surface area contributed by atoms with Crippen molar-refractivity contribution >= 4 is 27.6 Å². The van der Waals surface area contributed by atoms with E-state index >= 15 is 0 Å². The molecule has 1 fully saturated rings. The van der Waals surface area contributed by atoms with Crippen molar-refractivity contribution in [2.75, 3.05) is 18.0 Å². The highest BCUT2D eigenvalue weighted by Gasteiger charge is 2.19. The number of fused-ring (bicyclic) bond motifs is 2. The van der Waals surface area contributed by atoms with Crippen LogP contribution in [0.3, 0.4) is 0 Å². The quantitative estimate of drug-likeness (QED) is 0.429. The van der Waals surface area contributed by atoms with Crippen LogP contribution in [0.1, 0.15) is 18.4 Å². The molecule has 0 unspecified atom stereocenters. The van der Waals surface area contributed by atoms with Crippen molar-refractivity contribution < 1.29 is 0 Å². The Kier molecular flexibility index (Phi) is 4.90. The van der Waals surface area contributed by atoms with E-state index in [0.717, 1.165) is 76.1 Å². The molecule has 2 aromatic carbocycles. The highest BCUT2D eigenvalue weighted by molar-refractivity contribution is 6.00. The van der Waals surface area contributed by atoms with Gasteiger partial charge in [-0.25, -0.2) is 4.98 Å². The molecule has 8 heteroatoms. The smallest absolute Gasteiger partial charge is 0.147 e. The van der Waals surface area contributed by atoms with Gasteiger partial charge < -0.3 is 10.6 Å². The standard InChI is InChI=1S/C26H22N8/c27-13-16-1-3-20-19(5-8-30-23(20)11-16)17-2-4-22-21(12-17)26(33-32-22)24-14-29-15-25(31-24)34-9-6-18(28)7-10-34/h1-5,8,11-12,14-15,18H,6-7,9-10,28H2,(H,32,33). The number of benzene rings is 2. The monoisotopic (exact) mass is 446 g/mol. The first kappa shape index (κ1) is 20.3. The van der Waals surface area contributed by atoms with E-state index in [1.807, 2.05) is 30.3 Å². The average molecular weight is 447 g/mol. The number of aromatic nitrogens is 5. The fourth-order valence-electron chi connectivity index (χ4n) is 4.60. The Morgan fingerprint density at radius 1 is 1.03 bits per heavy atom. The molecule has 0 spiro atoms. The predicted molar refractivity (Wildman–Crippen MR) is 132 cm³/mol. The summed E-state index contributed by atoms with van der Waals surface area (Å²) in [7, 11) is 0. The molecule has 34 heavy (non-hydrogen) atoms. The number of nitrogens with one attached hydrogen (secondary N) is 1. The van der Waals surface area contributed by atoms with Crippen LogP contribution in [0.15, 0.2) is 61.1 Å². The van der Waals surface area contributed by atoms with Gasteiger partial charge in [-0.05, 0) is 54.3 Å². The highest BCUT2D eigenvalue weighted by Crippen LogP contribution is 2.33. The summed E-state index contributed by atoms with van der Waals surface area (Å²) in [6.45, 7) is 1.76. The third-order valence-corrected chi connectivity index (χ3v) is 6.47. The molecule has 3 aromatic heterocycles. The van der Waals surface area contributed by atoms with Gasteiger partial charge in [-0.15, -0.1) is 0 Å². The van der Waals surface area contributed by atoms with Crippen molar-refractivity contribution in [2.24, 2.45) is 5.73 Å². The molecule has 0 amide bonds. The average Bonchev–Trinajstić information content (AvgIpc) is 3.32. The maximum Gasteiger partial charge on any atom is 0.147 e. The molecule has 1 aliphatic heterocycles. The zero-order valence-electron chi connectivity index (χ0n) is 18.4. The number of hydrogen-bond donors (Lipinski definition) is 2. The van der Waals surface area contributed by atoms with Crippen LogP contribution in [0.5, 0.6) is 0 Å². The Balaban J connectivity index is 1.42. The van der Waals surface area contributed by atoms with Gasteiger partial charge in [0.05, 0.1) is 35.1 Å². The number of pyridine rings is 1. The van der Waals surface area contributed by atoms with Crippen LogP contribution in [0.4, 0.5) is 5.82 Å². The second kappa shape index (κ2) is 8.21. The van der Waals surface area contributed by atoms with Crippen LogP contribution >= 0.6 is 0 Å². The van der Waals surface area contributed by atoms with E-state index in [0.29, 0.717) is 5.56 Å². The second-order valence-corrected chi connectivity index (χ2v) is 8.62. The molecule has 4 heterocycles. The van der Waals surface area contributed by atoms with Crippen molar-refractivity contribution in [1.29, 1.82) is 5.26 Å². The fourth-order valence-corrected chi connectivity index (χ4v) is 4.60. The summed E-state index contributed by atoms with van der Waals surface area (Å²) in [5.41, 5.74) is 12.0. The van der Waals surface area contributed by atoms with Crippen LogP contribution in [0, 0.1) is 11.3 Å². The van der Waals surface area contributed by atoms with Crippen LogP contribution in [-0.4, -0.2) is 44.3 Å². The molecule has 1 saturated heterocycles. The highest BCUT2D eigenvalue weighted by atomic mass is 15.2. The van der Waals surface area contributed by atoms with Crippen LogP contribution in [0.25, 0.3) is 44.3 Å². The minimum atomic E-state index is 0.261. The van der Waals surface area contributed by atoms with Gasteiger partial charge in [0.2, 0.25) is 0 Å². The number of nitrogens with zero attached hydrogens (tertiary/aromatic N) is 6. The van der Waals surface area contributed by atoms with Gasteiger partial charge in [0.25, 0.3) is 0 Å². The van der Waals surface area contributed by atoms with Crippen LogP contribution < -0.4 is 10.6 Å². The second-order valence-electron chi connectivity index (χ2n) is 8.62. The molecular formula is C26H22N8. The molecule has 3 N–H and O–H groups in total. The summed E-state index contributed by atoms with van der Waals surface area (Å²) in [5, 5.41) is 18.9. The SMILES string of the molecule is N#Cc1ccc2c(-c3ccc4[nH]nc(-c5cncc(N6CCC(N)CC6)n5)c4c3)ccnc2c1. The lowest BCUT2D eigenvalue weighted by Crippen LogP contribution is -2.40. The number of anilines is 1. The van der Waals surface area contributed by atoms with Gasteiger partial charge in [-0.2, -0.15) is 10.4 Å². The minimum Gasteiger partial charge on any atom is -0.355 e. The molecule has 0 bridgehead atoms. The summed E-state index contributed by atoms with van der Waals surface area (Å²) in [4.78, 5) is 16.0. The lowest BCUT2D eigenvalue weighted by molar-refractivity contribution is 0.498. The van der Waals surface area contributed by atoms with Crippen molar-refractivity contribution in [3.8, 4) is 28.6 Å². The van der Waals surface area contributed by atoms with E-state index in [1.54, 1.807) is 18.6 Å². The Labute approximate surface area is 196 Å². The molecule has 1 aliphatic rings. The van der Waals surface area contributed by atoms with Gasteiger partial charge in [0, 0.05) is 36.1 Å². The maximum atomic E-state index is 9.22. The largest absolute Gasteiger partial charge is 0.355 e. The van der Waals surface area contributed by atoms with Crippen LogP contribution in [0.2, 0.25) is 0 Å². The zero-order valence-corrected chi connectivity index (χ0v) is 18.4. The van der Waals surface area contributed by atoms with Crippen molar-refractivity contribution in [3.05, 3.63) is 66.6 Å². The fraction of sp³-hybridized carbons (Fsp3) is 0.192. The summed E-state index contributed by atoms with van der Waals surface area (Å²) in [6, 6.07) is 16.2. The molecule has 0 radical (unpaired) electrons. The number of aromatic amines is 1.